The first-order valence-electron chi connectivity index (χ1n) is 7.38. The molecule has 0 rings (SSSR count). The number of aliphatic carboxylic acids is 1. The summed E-state index contributed by atoms with van der Waals surface area (Å²) in [4.78, 5) is 10.3. The first-order valence-corrected chi connectivity index (χ1v) is 7.38. The van der Waals surface area contributed by atoms with Gasteiger partial charge in [0, 0.05) is 5.97 Å². The molecule has 0 aliphatic rings. The molecule has 19 heavy (non-hydrogen) atoms. The van der Waals surface area contributed by atoms with Gasteiger partial charge in [-0.1, -0.05) is 65.7 Å². The van der Waals surface area contributed by atoms with Crippen LogP contribution in [-0.4, -0.2) is 5.97 Å². The van der Waals surface area contributed by atoms with Gasteiger partial charge in [-0.25, -0.2) is 0 Å². The molecule has 0 saturated heterocycles. The van der Waals surface area contributed by atoms with Gasteiger partial charge in [0.1, 0.15) is 0 Å². The predicted molar refractivity (Wildman–Crippen MR) is 75.9 cm³/mol. The van der Waals surface area contributed by atoms with Gasteiger partial charge in [-0.15, -0.1) is 0 Å². The Morgan fingerprint density at radius 1 is 1.11 bits per heavy atom. The fraction of sp³-hybridized carbons (Fsp3) is 0.812. The average Bonchev–Trinajstić information content (AvgIpc) is 2.36. The molecule has 0 heterocycles. The smallest absolute Gasteiger partial charge is 0.550 e. The number of hydrogen-bond donors (Lipinski definition) is 0. The van der Waals surface area contributed by atoms with Crippen LogP contribution in [0.15, 0.2) is 6.08 Å². The van der Waals surface area contributed by atoms with Crippen molar-refractivity contribution >= 4 is 5.97 Å². The van der Waals surface area contributed by atoms with Crippen LogP contribution in [0.4, 0.5) is 0 Å². The van der Waals surface area contributed by atoms with Crippen molar-refractivity contribution < 1.29 is 26.4 Å². The third-order valence-electron chi connectivity index (χ3n) is 2.96. The SMILES string of the molecule is CCCCC(CC)C(=O)[O-].[CH-]=CCCCCCC.[Ni+2]. The van der Waals surface area contributed by atoms with E-state index in [-0.39, 0.29) is 22.4 Å². The summed E-state index contributed by atoms with van der Waals surface area (Å²) in [5, 5.41) is 10.3. The Kier molecular flexibility index (Phi) is 25.1. The number of hydrogen-bond acceptors (Lipinski definition) is 2. The summed E-state index contributed by atoms with van der Waals surface area (Å²) in [5.74, 6) is -1.11. The number of carbonyl (C=O) groups is 1. The van der Waals surface area contributed by atoms with Gasteiger partial charge in [0.2, 0.25) is 0 Å². The average molecular weight is 313 g/mol. The Labute approximate surface area is 130 Å². The van der Waals surface area contributed by atoms with Crippen LogP contribution in [0.1, 0.15) is 78.6 Å². The largest absolute Gasteiger partial charge is 2.00 e. The van der Waals surface area contributed by atoms with Gasteiger partial charge >= 0.3 is 16.5 Å². The number of carboxylic acid groups (broad SMARTS) is 1. The Balaban J connectivity index is -0.000000262. The van der Waals surface area contributed by atoms with Crippen molar-refractivity contribution in [2.24, 2.45) is 5.92 Å². The van der Waals surface area contributed by atoms with Gasteiger partial charge in [0.15, 0.2) is 0 Å². The van der Waals surface area contributed by atoms with Gasteiger partial charge in [0.05, 0.1) is 0 Å². The third-order valence-corrected chi connectivity index (χ3v) is 2.96. The van der Waals surface area contributed by atoms with Crippen molar-refractivity contribution in [3.63, 3.8) is 0 Å². The van der Waals surface area contributed by atoms with E-state index in [0.717, 1.165) is 25.7 Å². The molecular weight excluding hydrogens is 283 g/mol. The molecule has 0 spiro atoms. The minimum absolute atomic E-state index is 0. The molecule has 0 bridgehead atoms. The maximum absolute atomic E-state index is 10.3. The molecular formula is C16H30NiO2. The number of carboxylic acids is 1. The number of unbranched alkanes of at least 4 members (excludes halogenated alkanes) is 5. The monoisotopic (exact) mass is 312 g/mol. The fourth-order valence-electron chi connectivity index (χ4n) is 1.63. The molecule has 0 saturated carbocycles. The molecule has 0 aromatic carbocycles. The van der Waals surface area contributed by atoms with Crippen LogP contribution in [-0.2, 0) is 21.3 Å². The zero-order chi connectivity index (χ0) is 14.2. The third kappa shape index (κ3) is 20.2. The normalized spacial score (nSPS) is 10.7. The molecule has 116 valence electrons. The van der Waals surface area contributed by atoms with Crippen LogP contribution in [0.2, 0.25) is 0 Å². The Bertz CT molecular complexity index is 193. The van der Waals surface area contributed by atoms with Crippen molar-refractivity contribution in [1.29, 1.82) is 0 Å². The molecule has 0 radical (unpaired) electrons. The van der Waals surface area contributed by atoms with E-state index in [2.05, 4.69) is 13.8 Å². The molecule has 2 nitrogen and oxygen atoms in total. The summed E-state index contributed by atoms with van der Waals surface area (Å²) in [5.41, 5.74) is 0. The van der Waals surface area contributed by atoms with Crippen molar-refractivity contribution in [3.8, 4) is 0 Å². The first-order chi connectivity index (χ1) is 8.63. The van der Waals surface area contributed by atoms with E-state index in [9.17, 15) is 9.90 Å². The molecule has 0 aromatic rings. The second kappa shape index (κ2) is 20.0. The summed E-state index contributed by atoms with van der Waals surface area (Å²) >= 11 is 0. The van der Waals surface area contributed by atoms with E-state index < -0.39 is 5.97 Å². The molecule has 1 atom stereocenters. The van der Waals surface area contributed by atoms with E-state index in [1.165, 1.54) is 25.7 Å². The molecule has 3 heteroatoms. The standard InChI is InChI=1S/C8H16O2.C8H15.Ni/c1-3-5-6-7(4-2)8(9)10;1-3-5-7-8-6-4-2;/h7H,3-6H2,1-2H3,(H,9,10);1,3H,4-8H2,2H3;/q;-1;+2/p-1. The minimum atomic E-state index is -0.893. The van der Waals surface area contributed by atoms with Crippen molar-refractivity contribution in [2.45, 2.75) is 78.6 Å². The van der Waals surface area contributed by atoms with Crippen molar-refractivity contribution in [1.82, 2.24) is 0 Å². The zero-order valence-corrected chi connectivity index (χ0v) is 13.7. The summed E-state index contributed by atoms with van der Waals surface area (Å²) in [6.45, 7) is 11.3. The van der Waals surface area contributed by atoms with E-state index in [1.807, 2.05) is 6.92 Å². The fourth-order valence-corrected chi connectivity index (χ4v) is 1.63. The van der Waals surface area contributed by atoms with Crippen LogP contribution in [0.3, 0.4) is 0 Å². The summed E-state index contributed by atoms with van der Waals surface area (Å²) in [6.07, 6.45) is 11.6. The quantitative estimate of drug-likeness (QED) is 0.349. The molecule has 0 aromatic heterocycles. The van der Waals surface area contributed by atoms with Crippen LogP contribution >= 0.6 is 0 Å². The van der Waals surface area contributed by atoms with Crippen LogP contribution in [0.5, 0.6) is 0 Å². The maximum atomic E-state index is 10.3. The second-order valence-electron chi connectivity index (χ2n) is 4.65. The van der Waals surface area contributed by atoms with Crippen LogP contribution in [0.25, 0.3) is 0 Å². The second-order valence-corrected chi connectivity index (χ2v) is 4.65. The topological polar surface area (TPSA) is 40.1 Å². The molecule has 0 amide bonds. The zero-order valence-electron chi connectivity index (χ0n) is 12.7. The number of carbonyl (C=O) groups excluding carboxylic acids is 1. The van der Waals surface area contributed by atoms with Gasteiger partial charge in [0.25, 0.3) is 0 Å². The van der Waals surface area contributed by atoms with Gasteiger partial charge < -0.3 is 16.5 Å². The predicted octanol–water partition coefficient (Wildman–Crippen LogP) is 3.90. The van der Waals surface area contributed by atoms with E-state index in [4.69, 9.17) is 6.58 Å². The molecule has 0 aliphatic carbocycles. The Hall–Kier alpha value is -0.296. The van der Waals surface area contributed by atoms with Crippen molar-refractivity contribution in [2.75, 3.05) is 0 Å². The van der Waals surface area contributed by atoms with Crippen LogP contribution < -0.4 is 5.11 Å². The minimum Gasteiger partial charge on any atom is -0.550 e. The van der Waals surface area contributed by atoms with Crippen LogP contribution in [0, 0.1) is 12.5 Å². The summed E-state index contributed by atoms with van der Waals surface area (Å²) in [7, 11) is 0. The van der Waals surface area contributed by atoms with Gasteiger partial charge in [-0.3, -0.25) is 6.08 Å². The Morgan fingerprint density at radius 2 is 1.68 bits per heavy atom. The van der Waals surface area contributed by atoms with Gasteiger partial charge in [-0.2, -0.15) is 0 Å². The van der Waals surface area contributed by atoms with E-state index >= 15 is 0 Å². The summed E-state index contributed by atoms with van der Waals surface area (Å²) in [6, 6.07) is 0. The number of rotatable bonds is 10. The Morgan fingerprint density at radius 3 is 2.05 bits per heavy atom. The summed E-state index contributed by atoms with van der Waals surface area (Å²) < 4.78 is 0. The maximum Gasteiger partial charge on any atom is 2.00 e. The molecule has 0 N–H and O–H groups in total. The van der Waals surface area contributed by atoms with E-state index in [1.54, 1.807) is 6.08 Å². The molecule has 0 aliphatic heterocycles. The molecule has 1 unspecified atom stereocenters. The van der Waals surface area contributed by atoms with E-state index in [0.29, 0.717) is 6.42 Å². The number of allylic oxidation sites excluding steroid dienone is 1. The van der Waals surface area contributed by atoms with Crippen molar-refractivity contribution in [3.05, 3.63) is 12.7 Å². The van der Waals surface area contributed by atoms with Gasteiger partial charge in [-0.05, 0) is 18.8 Å². The first kappa shape index (κ1) is 23.8. The molecule has 0 fully saturated rings.